The van der Waals surface area contributed by atoms with Gasteiger partial charge in [-0.25, -0.2) is 17.9 Å². The molecule has 1 saturated carbocycles. The van der Waals surface area contributed by atoms with Crippen LogP contribution in [0.2, 0.25) is 5.02 Å². The molecule has 3 aliphatic rings. The van der Waals surface area contributed by atoms with Crippen LogP contribution < -0.4 is 15.0 Å². The number of ether oxygens (including phenoxy) is 3. The van der Waals surface area contributed by atoms with Gasteiger partial charge in [-0.15, -0.1) is 0 Å². The van der Waals surface area contributed by atoms with Crippen LogP contribution in [0.4, 0.5) is 23.8 Å². The number of aromatic nitrogens is 2. The Bertz CT molecular complexity index is 1480. The first-order valence-electron chi connectivity index (χ1n) is 13.3. The van der Waals surface area contributed by atoms with Crippen molar-refractivity contribution >= 4 is 33.3 Å². The predicted molar refractivity (Wildman–Crippen MR) is 143 cm³/mol. The maximum Gasteiger partial charge on any atom is 0.422 e. The van der Waals surface area contributed by atoms with Crippen molar-refractivity contribution in [3.8, 4) is 11.8 Å². The van der Waals surface area contributed by atoms with Crippen LogP contribution in [0, 0.1) is 18.3 Å². The number of nitriles is 1. The molecule has 0 bridgehead atoms. The molecule has 3 heterocycles. The molecule has 11 nitrogen and oxygen atoms in total. The smallest absolute Gasteiger partial charge is 0.422 e. The number of aryl methyl sites for hydroxylation is 1. The Morgan fingerprint density at radius 1 is 1.29 bits per heavy atom. The third-order valence-corrected chi connectivity index (χ3v) is 10.1. The number of hydrogen-bond acceptors (Lipinski definition) is 9. The molecule has 1 aliphatic carbocycles. The number of rotatable bonds is 8. The molecule has 2 aromatic rings. The van der Waals surface area contributed by atoms with E-state index in [1.54, 1.807) is 22.6 Å². The Morgan fingerprint density at radius 3 is 2.62 bits per heavy atom. The highest BCUT2D eigenvalue weighted by Gasteiger charge is 2.48. The van der Waals surface area contributed by atoms with Crippen LogP contribution in [0.25, 0.3) is 0 Å². The van der Waals surface area contributed by atoms with E-state index in [9.17, 15) is 31.6 Å². The molecule has 1 N–H and O–H groups in total. The molecule has 0 radical (unpaired) electrons. The quantitative estimate of drug-likeness (QED) is 0.452. The van der Waals surface area contributed by atoms with E-state index in [1.807, 2.05) is 0 Å². The standard InChI is InChI=1S/C26H29ClF3N5O6S/c1-16-10-22(35(33-16)17-4-8-39-9-5-17)34-13-19(12-23(34)41-24(36)32-25(14-31)6-7-25)42(37,38)21-3-2-18(11-20(21)27)40-15-26(28,29)30/h2-3,10-11,17,19,23H,4-9,12-13,15H2,1H3,(H,32,36)/t19-,23+/m1/s1. The van der Waals surface area contributed by atoms with Crippen LogP contribution in [0.3, 0.4) is 0 Å². The number of hydrogen-bond donors (Lipinski definition) is 1. The summed E-state index contributed by atoms with van der Waals surface area (Å²) in [5.41, 5.74) is -0.305. The summed E-state index contributed by atoms with van der Waals surface area (Å²) in [5.74, 6) is 0.336. The average Bonchev–Trinajstić information content (AvgIpc) is 3.39. The Balaban J connectivity index is 1.42. The van der Waals surface area contributed by atoms with Crippen LogP contribution in [0.1, 0.15) is 43.8 Å². The summed E-state index contributed by atoms with van der Waals surface area (Å²) >= 11 is 6.24. The van der Waals surface area contributed by atoms with E-state index in [0.29, 0.717) is 50.4 Å². The topological polar surface area (TPSA) is 136 Å². The van der Waals surface area contributed by atoms with E-state index >= 15 is 0 Å². The lowest BCUT2D eigenvalue weighted by molar-refractivity contribution is -0.153. The summed E-state index contributed by atoms with van der Waals surface area (Å²) in [6.07, 6.45) is -4.22. The number of nitrogens with one attached hydrogen (secondary N) is 1. The highest BCUT2D eigenvalue weighted by molar-refractivity contribution is 7.92. The number of benzene rings is 1. The largest absolute Gasteiger partial charge is 0.484 e. The molecule has 1 aromatic carbocycles. The van der Waals surface area contributed by atoms with Gasteiger partial charge in [0, 0.05) is 38.3 Å². The number of carbonyl (C=O) groups excluding carboxylic acids is 1. The number of carbonyl (C=O) groups is 1. The van der Waals surface area contributed by atoms with E-state index < -0.39 is 45.7 Å². The molecule has 228 valence electrons. The summed E-state index contributed by atoms with van der Waals surface area (Å²) in [4.78, 5) is 14.2. The maximum atomic E-state index is 13.8. The highest BCUT2D eigenvalue weighted by Crippen LogP contribution is 2.39. The van der Waals surface area contributed by atoms with Crippen molar-refractivity contribution in [2.45, 2.75) is 73.2 Å². The SMILES string of the molecule is Cc1cc(N2C[C@H](S(=O)(=O)c3ccc(OCC(F)(F)F)cc3Cl)C[C@@H]2OC(=O)NC2(C#N)CC2)n(C2CCOCC2)n1. The van der Waals surface area contributed by atoms with E-state index in [-0.39, 0.29) is 34.7 Å². The van der Waals surface area contributed by atoms with Crippen LogP contribution in [0.15, 0.2) is 29.2 Å². The summed E-state index contributed by atoms with van der Waals surface area (Å²) in [6.45, 7) is 1.25. The third kappa shape index (κ3) is 6.55. The van der Waals surface area contributed by atoms with Crippen molar-refractivity contribution in [1.29, 1.82) is 5.26 Å². The van der Waals surface area contributed by atoms with Gasteiger partial charge >= 0.3 is 12.3 Å². The number of nitrogens with zero attached hydrogens (tertiary/aromatic N) is 4. The van der Waals surface area contributed by atoms with Crippen LogP contribution >= 0.6 is 11.6 Å². The zero-order valence-electron chi connectivity index (χ0n) is 22.6. The monoisotopic (exact) mass is 631 g/mol. The van der Waals surface area contributed by atoms with E-state index in [4.69, 9.17) is 21.1 Å². The minimum atomic E-state index is -4.58. The average molecular weight is 632 g/mol. The Morgan fingerprint density at radius 2 is 2.00 bits per heavy atom. The highest BCUT2D eigenvalue weighted by atomic mass is 35.5. The van der Waals surface area contributed by atoms with Crippen molar-refractivity contribution in [3.63, 3.8) is 0 Å². The summed E-state index contributed by atoms with van der Waals surface area (Å²) in [5, 5.41) is 15.2. The van der Waals surface area contributed by atoms with Gasteiger partial charge in [0.2, 0.25) is 0 Å². The van der Waals surface area contributed by atoms with Gasteiger partial charge in [-0.05, 0) is 44.7 Å². The second-order valence-electron chi connectivity index (χ2n) is 10.7. The fourth-order valence-corrected chi connectivity index (χ4v) is 7.36. The fraction of sp³-hybridized carbons (Fsp3) is 0.577. The second-order valence-corrected chi connectivity index (χ2v) is 13.3. The van der Waals surface area contributed by atoms with Crippen LogP contribution in [0.5, 0.6) is 5.75 Å². The van der Waals surface area contributed by atoms with Crippen LogP contribution in [-0.2, 0) is 19.3 Å². The fourth-order valence-electron chi connectivity index (χ4n) is 5.14. The minimum Gasteiger partial charge on any atom is -0.484 e. The number of sulfone groups is 1. The lowest BCUT2D eigenvalue weighted by Crippen LogP contribution is -2.42. The first-order chi connectivity index (χ1) is 19.8. The van der Waals surface area contributed by atoms with Gasteiger partial charge < -0.3 is 24.4 Å². The van der Waals surface area contributed by atoms with Gasteiger partial charge in [0.05, 0.1) is 33.0 Å². The summed E-state index contributed by atoms with van der Waals surface area (Å²) in [7, 11) is -4.16. The molecule has 1 aromatic heterocycles. The van der Waals surface area contributed by atoms with E-state index in [0.717, 1.165) is 18.2 Å². The molecule has 16 heteroatoms. The van der Waals surface area contributed by atoms with Crippen LogP contribution in [-0.4, -0.2) is 73.8 Å². The number of anilines is 1. The second kappa shape index (κ2) is 11.5. The Kier molecular flexibility index (Phi) is 8.25. The van der Waals surface area contributed by atoms with Gasteiger partial charge in [0.1, 0.15) is 17.1 Å². The molecule has 2 saturated heterocycles. The number of alkyl carbamates (subject to hydrolysis) is 1. The molecule has 5 rings (SSSR count). The van der Waals surface area contributed by atoms with Crippen molar-refractivity contribution < 1.29 is 40.6 Å². The lowest BCUT2D eigenvalue weighted by atomic mass is 10.1. The molecule has 3 fully saturated rings. The molecular weight excluding hydrogens is 603 g/mol. The van der Waals surface area contributed by atoms with Gasteiger partial charge in [0.15, 0.2) is 22.7 Å². The van der Waals surface area contributed by atoms with Crippen molar-refractivity contribution in [2.24, 2.45) is 0 Å². The summed E-state index contributed by atoms with van der Waals surface area (Å²) in [6, 6.07) is 7.07. The molecule has 42 heavy (non-hydrogen) atoms. The number of amides is 1. The predicted octanol–water partition coefficient (Wildman–Crippen LogP) is 4.30. The molecule has 0 unspecified atom stereocenters. The first kappa shape index (κ1) is 30.2. The Hall–Kier alpha value is -3.22. The lowest BCUT2D eigenvalue weighted by Gasteiger charge is -2.30. The molecule has 0 spiro atoms. The molecule has 2 atom stereocenters. The van der Waals surface area contributed by atoms with Crippen molar-refractivity contribution in [3.05, 3.63) is 35.0 Å². The molecule has 2 aliphatic heterocycles. The normalized spacial score (nSPS) is 22.4. The van der Waals surface area contributed by atoms with Gasteiger partial charge in [0.25, 0.3) is 0 Å². The number of alkyl halides is 3. The summed E-state index contributed by atoms with van der Waals surface area (Å²) < 4.78 is 82.9. The van der Waals surface area contributed by atoms with Crippen molar-refractivity contribution in [2.75, 3.05) is 31.3 Å². The third-order valence-electron chi connectivity index (χ3n) is 7.48. The van der Waals surface area contributed by atoms with Crippen molar-refractivity contribution in [1.82, 2.24) is 15.1 Å². The number of halogens is 4. The van der Waals surface area contributed by atoms with Gasteiger partial charge in [-0.3, -0.25) is 0 Å². The molecular formula is C26H29ClF3N5O6S. The first-order valence-corrected chi connectivity index (χ1v) is 15.3. The zero-order chi connectivity index (χ0) is 30.3. The Labute approximate surface area is 245 Å². The van der Waals surface area contributed by atoms with Gasteiger partial charge in [-0.2, -0.15) is 23.5 Å². The zero-order valence-corrected chi connectivity index (χ0v) is 24.1. The minimum absolute atomic E-state index is 0.0143. The van der Waals surface area contributed by atoms with E-state index in [2.05, 4.69) is 21.2 Å². The maximum absolute atomic E-state index is 13.8. The van der Waals surface area contributed by atoms with Gasteiger partial charge in [-0.1, -0.05) is 11.6 Å². The molecule has 1 amide bonds. The van der Waals surface area contributed by atoms with E-state index in [1.165, 1.54) is 0 Å².